The van der Waals surface area contributed by atoms with Crippen molar-refractivity contribution in [1.29, 1.82) is 0 Å². The maximum atomic E-state index is 11.9. The highest BCUT2D eigenvalue weighted by molar-refractivity contribution is 7.91. The summed E-state index contributed by atoms with van der Waals surface area (Å²) in [6.07, 6.45) is 4.75. The smallest absolute Gasteiger partial charge is 0.356 e. The molecular weight excluding hydrogens is 574 g/mol. The Hall–Kier alpha value is -4.53. The number of para-hydroxylation sites is 3. The van der Waals surface area contributed by atoms with Crippen LogP contribution >= 0.6 is 0 Å². The van der Waals surface area contributed by atoms with E-state index in [0.29, 0.717) is 31.2 Å². The van der Waals surface area contributed by atoms with Crippen LogP contribution in [0, 0.1) is 0 Å². The van der Waals surface area contributed by atoms with Crippen molar-refractivity contribution < 1.29 is 41.1 Å². The fourth-order valence-corrected chi connectivity index (χ4v) is 4.30. The van der Waals surface area contributed by atoms with Gasteiger partial charge in [-0.25, -0.2) is 9.00 Å². The van der Waals surface area contributed by atoms with Crippen molar-refractivity contribution in [2.45, 2.75) is 32.6 Å². The Bertz CT molecular complexity index is 1640. The van der Waals surface area contributed by atoms with Gasteiger partial charge in [-0.3, -0.25) is 4.79 Å². The van der Waals surface area contributed by atoms with E-state index in [-0.39, 0.29) is 11.8 Å². The number of aromatic nitrogens is 3. The molecular formula is C28H28F2N4O7S. The molecule has 0 spiro atoms. The predicted molar refractivity (Wildman–Crippen MR) is 152 cm³/mol. The number of imidazole rings is 1. The predicted octanol–water partition coefficient (Wildman–Crippen LogP) is 5.86. The van der Waals surface area contributed by atoms with Crippen LogP contribution in [0.4, 0.5) is 14.7 Å². The van der Waals surface area contributed by atoms with Gasteiger partial charge in [-0.05, 0) is 58.6 Å². The first-order chi connectivity index (χ1) is 20.2. The summed E-state index contributed by atoms with van der Waals surface area (Å²) in [7, 11) is -3.99. The fraction of sp³-hybridized carbons (Fsp3) is 0.214. The summed E-state index contributed by atoms with van der Waals surface area (Å²) in [5.74, 6) is 2.98. The van der Waals surface area contributed by atoms with E-state index in [2.05, 4.69) is 34.9 Å². The number of anilines is 1. The number of benzene rings is 2. The van der Waals surface area contributed by atoms with Gasteiger partial charge < -0.3 is 24.8 Å². The third-order valence-corrected chi connectivity index (χ3v) is 6.52. The molecule has 3 N–H and O–H groups in total. The van der Waals surface area contributed by atoms with Crippen LogP contribution in [0.2, 0.25) is 0 Å². The molecule has 2 aromatic carbocycles. The number of hydrogen-bond donors (Lipinski definition) is 3. The average molecular weight is 603 g/mol. The number of Topliss-reactive ketones (excluding diaryl/α,β-unsaturated/α-hetero) is 1. The van der Waals surface area contributed by atoms with E-state index < -0.39 is 10.1 Å². The van der Waals surface area contributed by atoms with Crippen LogP contribution in [0.25, 0.3) is 11.0 Å². The molecule has 0 saturated heterocycles. The lowest BCUT2D eigenvalue weighted by molar-refractivity contribution is -0.116. The molecule has 222 valence electrons. The van der Waals surface area contributed by atoms with Gasteiger partial charge >= 0.3 is 5.97 Å². The molecule has 1 aliphatic heterocycles. The maximum Gasteiger partial charge on any atom is 0.356 e. The van der Waals surface area contributed by atoms with E-state index in [1.54, 1.807) is 13.1 Å². The van der Waals surface area contributed by atoms with Gasteiger partial charge in [0.15, 0.2) is 5.78 Å². The molecule has 0 bridgehead atoms. The number of ketones is 1. The summed E-state index contributed by atoms with van der Waals surface area (Å²) < 4.78 is 46.2. The summed E-state index contributed by atoms with van der Waals surface area (Å²) in [4.78, 5) is 34.1. The zero-order chi connectivity index (χ0) is 30.1. The first kappa shape index (κ1) is 30.4. The molecule has 6 rings (SSSR count). The standard InChI is InChI=1S/C14H16N2O3.C13H10N2O.CH2F2O3S/c1-2-19-14(18)13-12-8(7-15-13)6-9-10(16-12)4-3-5-11(9)17;1-2-6-10(7-3-1)16-13-14-11-8-4-5-9-12(11)15-13;1-7(4,5-2)6-3/h7,15-16H,2-6H2,1H3;1-9H,(H,14,15);1H2. The minimum absolute atomic E-state index is 0.221. The molecule has 0 atom stereocenters. The number of esters is 1. The van der Waals surface area contributed by atoms with Crippen LogP contribution < -0.4 is 10.1 Å². The van der Waals surface area contributed by atoms with Crippen LogP contribution in [0.15, 0.2) is 72.1 Å². The summed E-state index contributed by atoms with van der Waals surface area (Å²) in [6.45, 7) is 2.13. The summed E-state index contributed by atoms with van der Waals surface area (Å²) >= 11 is 0. The molecule has 11 nitrogen and oxygen atoms in total. The monoisotopic (exact) mass is 602 g/mol. The third-order valence-electron chi connectivity index (χ3n) is 6.13. The molecule has 0 amide bonds. The number of aromatic amines is 2. The fourth-order valence-electron chi connectivity index (χ4n) is 4.28. The number of hydrogen-bond acceptors (Lipinski definition) is 9. The van der Waals surface area contributed by atoms with Crippen molar-refractivity contribution in [3.63, 3.8) is 0 Å². The molecule has 0 fully saturated rings. The molecule has 0 unspecified atom stereocenters. The maximum absolute atomic E-state index is 11.9. The number of allylic oxidation sites excluding steroid dienone is 2. The minimum Gasteiger partial charge on any atom is -0.461 e. The number of halogens is 2. The van der Waals surface area contributed by atoms with Gasteiger partial charge in [0, 0.05) is 36.2 Å². The number of carbonyl (C=O) groups is 2. The highest BCUT2D eigenvalue weighted by atomic mass is 32.2. The number of rotatable bonds is 6. The molecule has 0 saturated carbocycles. The third kappa shape index (κ3) is 7.60. The minimum atomic E-state index is -3.99. The first-order valence-corrected chi connectivity index (χ1v) is 14.4. The van der Waals surface area contributed by atoms with Crippen molar-refractivity contribution in [3.05, 3.63) is 83.3 Å². The molecule has 0 radical (unpaired) electrons. The van der Waals surface area contributed by atoms with Gasteiger partial charge in [-0.15, -0.1) is 0 Å². The lowest BCUT2D eigenvalue weighted by Crippen LogP contribution is -2.22. The Labute approximate surface area is 240 Å². The Balaban J connectivity index is 0.000000160. The van der Waals surface area contributed by atoms with Gasteiger partial charge in [-0.2, -0.15) is 4.98 Å². The second-order valence-corrected chi connectivity index (χ2v) is 10.3. The number of fused-ring (bicyclic) bond motifs is 2. The zero-order valence-corrected chi connectivity index (χ0v) is 23.3. The first-order valence-electron chi connectivity index (χ1n) is 12.8. The Morgan fingerprint density at radius 3 is 2.45 bits per heavy atom. The Kier molecular flexibility index (Phi) is 10.1. The number of ether oxygens (including phenoxy) is 2. The van der Waals surface area contributed by atoms with Crippen LogP contribution in [0.1, 0.15) is 42.2 Å². The summed E-state index contributed by atoms with van der Waals surface area (Å²) in [6, 6.07) is 18.0. The normalized spacial score (nSPS) is 13.9. The molecule has 4 aromatic rings. The van der Waals surface area contributed by atoms with Crippen molar-refractivity contribution in [2.75, 3.05) is 11.9 Å². The average Bonchev–Trinajstić information content (AvgIpc) is 3.61. The molecule has 42 heavy (non-hydrogen) atoms. The largest absolute Gasteiger partial charge is 0.461 e. The lowest BCUT2D eigenvalue weighted by Gasteiger charge is -2.25. The number of carbonyl (C=O) groups excluding carboxylic acids is 2. The molecule has 3 heterocycles. The highest BCUT2D eigenvalue weighted by Gasteiger charge is 2.29. The highest BCUT2D eigenvalue weighted by Crippen LogP contribution is 2.36. The Morgan fingerprint density at radius 1 is 1.07 bits per heavy atom. The second-order valence-electron chi connectivity index (χ2n) is 8.98. The lowest BCUT2D eigenvalue weighted by atomic mass is 9.88. The van der Waals surface area contributed by atoms with Crippen molar-refractivity contribution >= 4 is 44.4 Å². The van der Waals surface area contributed by atoms with E-state index in [9.17, 15) is 22.9 Å². The van der Waals surface area contributed by atoms with E-state index in [0.717, 1.165) is 52.1 Å². The van der Waals surface area contributed by atoms with Crippen molar-refractivity contribution in [3.8, 4) is 11.8 Å². The van der Waals surface area contributed by atoms with Gasteiger partial charge in [0.1, 0.15) is 11.4 Å². The van der Waals surface area contributed by atoms with E-state index >= 15 is 0 Å². The van der Waals surface area contributed by atoms with Crippen molar-refractivity contribution in [2.24, 2.45) is 0 Å². The molecule has 1 aliphatic carbocycles. The summed E-state index contributed by atoms with van der Waals surface area (Å²) in [5, 5.41) is 3.24. The van der Waals surface area contributed by atoms with E-state index in [1.807, 2.05) is 54.6 Å². The van der Waals surface area contributed by atoms with Crippen LogP contribution in [0.5, 0.6) is 11.8 Å². The van der Waals surface area contributed by atoms with Gasteiger partial charge in [-0.1, -0.05) is 39.1 Å². The van der Waals surface area contributed by atoms with Crippen LogP contribution in [-0.4, -0.2) is 43.4 Å². The molecule has 2 aliphatic rings. The number of nitrogens with zero attached hydrogens (tertiary/aromatic N) is 1. The molecule has 2 aromatic heterocycles. The van der Waals surface area contributed by atoms with Gasteiger partial charge in [0.25, 0.3) is 16.1 Å². The zero-order valence-electron chi connectivity index (χ0n) is 22.5. The number of H-pyrrole nitrogens is 2. The Morgan fingerprint density at radius 2 is 1.79 bits per heavy atom. The van der Waals surface area contributed by atoms with Crippen LogP contribution in [0.3, 0.4) is 0 Å². The van der Waals surface area contributed by atoms with Crippen LogP contribution in [-0.2, 0) is 34.8 Å². The van der Waals surface area contributed by atoms with E-state index in [1.165, 1.54) is 0 Å². The topological polar surface area (TPSA) is 145 Å². The quantitative estimate of drug-likeness (QED) is 0.183. The molecule has 14 heteroatoms. The van der Waals surface area contributed by atoms with Gasteiger partial charge in [0.05, 0.1) is 23.3 Å². The second kappa shape index (κ2) is 13.9. The number of nitrogens with one attached hydrogen (secondary N) is 3. The van der Waals surface area contributed by atoms with Gasteiger partial charge in [0.2, 0.25) is 0 Å². The SMILES string of the molecule is C=S(=O)(OF)OF.CCOC(=O)c1[nH]cc2c1NC1=C(C2)C(=O)CCC1.c1ccc(Oc2nc3ccccc3[nH]2)cc1. The van der Waals surface area contributed by atoms with Crippen molar-refractivity contribution in [1.82, 2.24) is 15.0 Å². The summed E-state index contributed by atoms with van der Waals surface area (Å²) in [5.41, 5.74) is 5.90. The van der Waals surface area contributed by atoms with E-state index in [4.69, 9.17) is 9.47 Å².